The third-order valence-electron chi connectivity index (χ3n) is 4.01. The zero-order chi connectivity index (χ0) is 17.5. The van der Waals surface area contributed by atoms with Crippen LogP contribution in [0.25, 0.3) is 0 Å². The molecule has 2 rings (SSSR count). The number of hydrogen-bond donors (Lipinski definition) is 0. The molecule has 0 N–H and O–H groups in total. The van der Waals surface area contributed by atoms with E-state index in [9.17, 15) is 4.79 Å². The molecule has 0 unspecified atom stereocenters. The summed E-state index contributed by atoms with van der Waals surface area (Å²) in [7, 11) is 3.08. The van der Waals surface area contributed by atoms with Crippen molar-refractivity contribution >= 4 is 6.09 Å². The average Bonchev–Trinajstić information content (AvgIpc) is 2.60. The number of methoxy groups -OCH3 is 2. The Morgan fingerprint density at radius 1 is 1.12 bits per heavy atom. The molecule has 1 amide bonds. The molecular weight excluding hydrogens is 308 g/mol. The molecule has 1 aromatic rings. The Morgan fingerprint density at radius 3 is 2.42 bits per heavy atom. The Labute approximate surface area is 144 Å². The number of ether oxygens (including phenoxy) is 3. The zero-order valence-corrected chi connectivity index (χ0v) is 15.1. The molecular formula is C18H28N2O4. The van der Waals surface area contributed by atoms with E-state index in [0.717, 1.165) is 31.1 Å². The molecule has 1 saturated heterocycles. The first-order valence-corrected chi connectivity index (χ1v) is 8.38. The van der Waals surface area contributed by atoms with Crippen LogP contribution < -0.4 is 9.47 Å². The lowest BCUT2D eigenvalue weighted by Crippen LogP contribution is -2.48. The highest BCUT2D eigenvalue weighted by molar-refractivity contribution is 5.67. The highest BCUT2D eigenvalue weighted by Gasteiger charge is 2.21. The number of rotatable bonds is 6. The van der Waals surface area contributed by atoms with Crippen LogP contribution in [0.2, 0.25) is 0 Å². The minimum atomic E-state index is -0.247. The second-order valence-electron chi connectivity index (χ2n) is 6.42. The number of carbonyl (C=O) groups excluding carboxylic acids is 1. The summed E-state index contributed by atoms with van der Waals surface area (Å²) < 4.78 is 16.0. The standard InChI is InChI=1S/C18H28N2O4/c1-14(2)13-24-16-6-5-15(11-17(16)22-3)12-19-7-9-20(10-8-19)18(21)23-4/h5-6,11,14H,7-10,12-13H2,1-4H3. The molecule has 134 valence electrons. The molecule has 0 aliphatic carbocycles. The Balaban J connectivity index is 1.92. The van der Waals surface area contributed by atoms with Gasteiger partial charge in [0.25, 0.3) is 0 Å². The van der Waals surface area contributed by atoms with Gasteiger partial charge in [-0.05, 0) is 23.6 Å². The smallest absolute Gasteiger partial charge is 0.409 e. The molecule has 1 aliphatic heterocycles. The Kier molecular flexibility index (Phi) is 6.73. The van der Waals surface area contributed by atoms with E-state index in [1.807, 2.05) is 12.1 Å². The lowest BCUT2D eigenvalue weighted by Gasteiger charge is -2.33. The normalized spacial score (nSPS) is 15.5. The van der Waals surface area contributed by atoms with Crippen molar-refractivity contribution in [3.05, 3.63) is 23.8 Å². The van der Waals surface area contributed by atoms with Gasteiger partial charge < -0.3 is 19.1 Å². The van der Waals surface area contributed by atoms with Crippen molar-refractivity contribution in [1.29, 1.82) is 0 Å². The number of benzene rings is 1. The van der Waals surface area contributed by atoms with Crippen LogP contribution in [0.15, 0.2) is 18.2 Å². The monoisotopic (exact) mass is 336 g/mol. The van der Waals surface area contributed by atoms with Crippen molar-refractivity contribution in [2.45, 2.75) is 20.4 Å². The van der Waals surface area contributed by atoms with E-state index in [0.29, 0.717) is 25.6 Å². The number of amides is 1. The molecule has 0 saturated carbocycles. The van der Waals surface area contributed by atoms with Gasteiger partial charge in [0, 0.05) is 32.7 Å². The summed E-state index contributed by atoms with van der Waals surface area (Å²) in [5.74, 6) is 2.02. The van der Waals surface area contributed by atoms with E-state index in [2.05, 4.69) is 24.8 Å². The SMILES string of the molecule is COC(=O)N1CCN(Cc2ccc(OCC(C)C)c(OC)c2)CC1. The summed E-state index contributed by atoms with van der Waals surface area (Å²) in [5, 5.41) is 0. The predicted octanol–water partition coefficient (Wildman–Crippen LogP) is 2.61. The summed E-state index contributed by atoms with van der Waals surface area (Å²) in [6.07, 6.45) is -0.247. The third-order valence-corrected chi connectivity index (χ3v) is 4.01. The lowest BCUT2D eigenvalue weighted by molar-refractivity contribution is 0.0888. The van der Waals surface area contributed by atoms with Crippen LogP contribution in [0.5, 0.6) is 11.5 Å². The van der Waals surface area contributed by atoms with Gasteiger partial charge in [0.2, 0.25) is 0 Å². The molecule has 6 heteroatoms. The molecule has 0 atom stereocenters. The minimum Gasteiger partial charge on any atom is -0.493 e. The molecule has 24 heavy (non-hydrogen) atoms. The first-order valence-electron chi connectivity index (χ1n) is 8.38. The van der Waals surface area contributed by atoms with Gasteiger partial charge in [0.15, 0.2) is 11.5 Å². The van der Waals surface area contributed by atoms with Gasteiger partial charge in [-0.3, -0.25) is 4.90 Å². The molecule has 0 aromatic heterocycles. The van der Waals surface area contributed by atoms with Gasteiger partial charge in [-0.15, -0.1) is 0 Å². The van der Waals surface area contributed by atoms with E-state index in [4.69, 9.17) is 14.2 Å². The molecule has 1 heterocycles. The second-order valence-corrected chi connectivity index (χ2v) is 6.42. The Hall–Kier alpha value is -1.95. The molecule has 0 bridgehead atoms. The van der Waals surface area contributed by atoms with Crippen molar-refractivity contribution in [3.8, 4) is 11.5 Å². The van der Waals surface area contributed by atoms with Gasteiger partial charge in [0.05, 0.1) is 20.8 Å². The van der Waals surface area contributed by atoms with Crippen molar-refractivity contribution in [2.75, 3.05) is 47.0 Å². The van der Waals surface area contributed by atoms with Gasteiger partial charge in [-0.25, -0.2) is 4.79 Å². The summed E-state index contributed by atoms with van der Waals surface area (Å²) in [6, 6.07) is 6.08. The van der Waals surface area contributed by atoms with Crippen molar-refractivity contribution in [3.63, 3.8) is 0 Å². The summed E-state index contributed by atoms with van der Waals surface area (Å²) >= 11 is 0. The van der Waals surface area contributed by atoms with Gasteiger partial charge in [0.1, 0.15) is 0 Å². The van der Waals surface area contributed by atoms with Gasteiger partial charge >= 0.3 is 6.09 Å². The highest BCUT2D eigenvalue weighted by atomic mass is 16.5. The number of hydrogen-bond acceptors (Lipinski definition) is 5. The molecule has 1 aliphatic rings. The van der Waals surface area contributed by atoms with E-state index in [1.54, 1.807) is 12.0 Å². The molecule has 1 fully saturated rings. The Morgan fingerprint density at radius 2 is 1.83 bits per heavy atom. The van der Waals surface area contributed by atoms with Crippen LogP contribution in [-0.2, 0) is 11.3 Å². The molecule has 0 radical (unpaired) electrons. The van der Waals surface area contributed by atoms with Crippen LogP contribution in [0.3, 0.4) is 0 Å². The molecule has 1 aromatic carbocycles. The second kappa shape index (κ2) is 8.78. The van der Waals surface area contributed by atoms with Crippen LogP contribution in [0, 0.1) is 5.92 Å². The van der Waals surface area contributed by atoms with E-state index in [-0.39, 0.29) is 6.09 Å². The quantitative estimate of drug-likeness (QED) is 0.799. The Bertz CT molecular complexity index is 540. The summed E-state index contributed by atoms with van der Waals surface area (Å²) in [4.78, 5) is 15.6. The minimum absolute atomic E-state index is 0.247. The topological polar surface area (TPSA) is 51.2 Å². The average molecular weight is 336 g/mol. The predicted molar refractivity (Wildman–Crippen MR) is 92.6 cm³/mol. The third kappa shape index (κ3) is 5.03. The maximum absolute atomic E-state index is 11.5. The number of nitrogens with zero attached hydrogens (tertiary/aromatic N) is 2. The highest BCUT2D eigenvalue weighted by Crippen LogP contribution is 2.29. The fraction of sp³-hybridized carbons (Fsp3) is 0.611. The van der Waals surface area contributed by atoms with E-state index >= 15 is 0 Å². The fourth-order valence-corrected chi connectivity index (χ4v) is 2.66. The van der Waals surface area contributed by atoms with Crippen LogP contribution in [0.1, 0.15) is 19.4 Å². The number of piperazine rings is 1. The van der Waals surface area contributed by atoms with Crippen LogP contribution in [-0.4, -0.2) is 62.9 Å². The van der Waals surface area contributed by atoms with E-state index < -0.39 is 0 Å². The van der Waals surface area contributed by atoms with Gasteiger partial charge in [-0.1, -0.05) is 19.9 Å². The molecule has 0 spiro atoms. The van der Waals surface area contributed by atoms with Gasteiger partial charge in [-0.2, -0.15) is 0 Å². The first kappa shape index (κ1) is 18.4. The maximum Gasteiger partial charge on any atom is 0.409 e. The maximum atomic E-state index is 11.5. The van der Waals surface area contributed by atoms with Crippen molar-refractivity contribution in [1.82, 2.24) is 9.80 Å². The van der Waals surface area contributed by atoms with Crippen LogP contribution in [0.4, 0.5) is 4.79 Å². The first-order chi connectivity index (χ1) is 11.5. The van der Waals surface area contributed by atoms with Crippen LogP contribution >= 0.6 is 0 Å². The summed E-state index contributed by atoms with van der Waals surface area (Å²) in [6.45, 7) is 8.80. The van der Waals surface area contributed by atoms with E-state index in [1.165, 1.54) is 12.7 Å². The largest absolute Gasteiger partial charge is 0.493 e. The molecule has 6 nitrogen and oxygen atoms in total. The summed E-state index contributed by atoms with van der Waals surface area (Å²) in [5.41, 5.74) is 1.18. The van der Waals surface area contributed by atoms with Crippen molar-refractivity contribution < 1.29 is 19.0 Å². The lowest BCUT2D eigenvalue weighted by atomic mass is 10.1. The number of carbonyl (C=O) groups is 1. The van der Waals surface area contributed by atoms with Crippen molar-refractivity contribution in [2.24, 2.45) is 5.92 Å². The zero-order valence-electron chi connectivity index (χ0n) is 15.1. The fourth-order valence-electron chi connectivity index (χ4n) is 2.66.